The van der Waals surface area contributed by atoms with E-state index >= 15 is 0 Å². The molecule has 0 aliphatic carbocycles. The minimum absolute atomic E-state index is 0.0245. The normalized spacial score (nSPS) is 12.0. The fourth-order valence-corrected chi connectivity index (χ4v) is 3.41. The summed E-state index contributed by atoms with van der Waals surface area (Å²) in [5.74, 6) is -1.64. The Hall–Kier alpha value is -4.14. The Morgan fingerprint density at radius 2 is 1.88 bits per heavy atom. The lowest BCUT2D eigenvalue weighted by molar-refractivity contribution is -0.384. The summed E-state index contributed by atoms with van der Waals surface area (Å²) < 4.78 is 28.9. The van der Waals surface area contributed by atoms with Crippen molar-refractivity contribution in [1.29, 1.82) is 0 Å². The number of carbonyl (C=O) groups is 1. The molecule has 0 fully saturated rings. The number of amides is 1. The molecule has 3 aromatic carbocycles. The van der Waals surface area contributed by atoms with Gasteiger partial charge in [0, 0.05) is 29.3 Å². The lowest BCUT2D eigenvalue weighted by Gasteiger charge is -2.14. The molecule has 9 heteroatoms. The van der Waals surface area contributed by atoms with Crippen molar-refractivity contribution in [1.82, 2.24) is 14.9 Å². The van der Waals surface area contributed by atoms with Gasteiger partial charge in [-0.2, -0.15) is 0 Å². The number of nitro groups is 1. The maximum atomic E-state index is 14.0. The maximum Gasteiger partial charge on any atom is 0.269 e. The van der Waals surface area contributed by atoms with E-state index in [4.69, 9.17) is 0 Å². The molecular weight excluding hydrogens is 418 g/mol. The molecule has 32 heavy (non-hydrogen) atoms. The molecule has 7 nitrogen and oxygen atoms in total. The van der Waals surface area contributed by atoms with Gasteiger partial charge in [-0.05, 0) is 36.8 Å². The van der Waals surface area contributed by atoms with Crippen molar-refractivity contribution in [3.05, 3.63) is 105 Å². The Kier molecular flexibility index (Phi) is 5.63. The van der Waals surface area contributed by atoms with E-state index in [0.717, 1.165) is 11.6 Å². The first kappa shape index (κ1) is 21.1. The standard InChI is InChI=1S/C23H18F2N4O3/c1-14(15-3-7-19(8-4-15)29(31)32)27-23(30)16-5-9-21-22(10-16)28(13-26-21)12-17-2-6-18(24)11-20(17)25/h2-11,13-14H,12H2,1H3,(H,27,30)/t14-/m0/s1. The molecule has 1 heterocycles. The topological polar surface area (TPSA) is 90.1 Å². The van der Waals surface area contributed by atoms with Gasteiger partial charge in [0.1, 0.15) is 11.6 Å². The van der Waals surface area contributed by atoms with Gasteiger partial charge in [0.25, 0.3) is 11.6 Å². The van der Waals surface area contributed by atoms with Crippen LogP contribution in [0.4, 0.5) is 14.5 Å². The summed E-state index contributed by atoms with van der Waals surface area (Å²) in [4.78, 5) is 27.4. The first-order valence-electron chi connectivity index (χ1n) is 9.76. The lowest BCUT2D eigenvalue weighted by atomic mass is 10.1. The predicted molar refractivity (Wildman–Crippen MR) is 114 cm³/mol. The van der Waals surface area contributed by atoms with E-state index < -0.39 is 16.6 Å². The first-order valence-corrected chi connectivity index (χ1v) is 9.76. The van der Waals surface area contributed by atoms with Crippen LogP contribution >= 0.6 is 0 Å². The van der Waals surface area contributed by atoms with E-state index in [9.17, 15) is 23.7 Å². The second kappa shape index (κ2) is 8.54. The summed E-state index contributed by atoms with van der Waals surface area (Å²) in [6, 6.07) is 14.0. The van der Waals surface area contributed by atoms with Gasteiger partial charge in [-0.25, -0.2) is 13.8 Å². The summed E-state index contributed by atoms with van der Waals surface area (Å²) in [5.41, 5.74) is 2.64. The zero-order valence-electron chi connectivity index (χ0n) is 17.0. The van der Waals surface area contributed by atoms with Crippen LogP contribution in [0.2, 0.25) is 0 Å². The molecular formula is C23H18F2N4O3. The molecule has 0 saturated heterocycles. The van der Waals surface area contributed by atoms with Crippen molar-refractivity contribution >= 4 is 22.6 Å². The van der Waals surface area contributed by atoms with Gasteiger partial charge in [0.15, 0.2) is 0 Å². The Labute approximate surface area is 181 Å². The zero-order valence-corrected chi connectivity index (χ0v) is 17.0. The smallest absolute Gasteiger partial charge is 0.269 e. The second-order valence-corrected chi connectivity index (χ2v) is 7.36. The number of rotatable bonds is 6. The first-order chi connectivity index (χ1) is 15.3. The molecule has 0 saturated carbocycles. The largest absolute Gasteiger partial charge is 0.346 e. The predicted octanol–water partition coefficient (Wildman–Crippen LogP) is 4.76. The highest BCUT2D eigenvalue weighted by atomic mass is 19.1. The summed E-state index contributed by atoms with van der Waals surface area (Å²) in [6.45, 7) is 1.91. The van der Waals surface area contributed by atoms with Crippen LogP contribution in [0, 0.1) is 21.7 Å². The van der Waals surface area contributed by atoms with Crippen LogP contribution in [-0.2, 0) is 6.54 Å². The Bertz CT molecular complexity index is 1320. The highest BCUT2D eigenvalue weighted by Crippen LogP contribution is 2.21. The van der Waals surface area contributed by atoms with Gasteiger partial charge in [-0.3, -0.25) is 14.9 Å². The number of carbonyl (C=O) groups excluding carboxylic acids is 1. The third-order valence-electron chi connectivity index (χ3n) is 5.19. The van der Waals surface area contributed by atoms with Crippen molar-refractivity contribution in [2.45, 2.75) is 19.5 Å². The van der Waals surface area contributed by atoms with E-state index in [-0.39, 0.29) is 24.2 Å². The van der Waals surface area contributed by atoms with E-state index in [0.29, 0.717) is 22.2 Å². The van der Waals surface area contributed by atoms with E-state index in [1.54, 1.807) is 41.8 Å². The number of nitro benzene ring substituents is 1. The number of benzene rings is 3. The van der Waals surface area contributed by atoms with E-state index in [1.807, 2.05) is 0 Å². The average Bonchev–Trinajstić information content (AvgIpc) is 3.17. The second-order valence-electron chi connectivity index (χ2n) is 7.36. The van der Waals surface area contributed by atoms with Crippen LogP contribution in [-0.4, -0.2) is 20.4 Å². The van der Waals surface area contributed by atoms with Crippen LogP contribution in [0.3, 0.4) is 0 Å². The molecule has 162 valence electrons. The van der Waals surface area contributed by atoms with Crippen molar-refractivity contribution in [2.75, 3.05) is 0 Å². The summed E-state index contributed by atoms with van der Waals surface area (Å²) in [5, 5.41) is 13.7. The molecule has 0 bridgehead atoms. The van der Waals surface area contributed by atoms with Crippen LogP contribution in [0.5, 0.6) is 0 Å². The van der Waals surface area contributed by atoms with Crippen LogP contribution < -0.4 is 5.32 Å². The molecule has 1 aromatic heterocycles. The van der Waals surface area contributed by atoms with Crippen molar-refractivity contribution < 1.29 is 18.5 Å². The Balaban J connectivity index is 1.54. The van der Waals surface area contributed by atoms with Crippen molar-refractivity contribution in [3.63, 3.8) is 0 Å². The molecule has 0 radical (unpaired) electrons. The molecule has 0 unspecified atom stereocenters. The third-order valence-corrected chi connectivity index (χ3v) is 5.19. The Morgan fingerprint density at radius 1 is 1.12 bits per heavy atom. The lowest BCUT2D eigenvalue weighted by Crippen LogP contribution is -2.26. The average molecular weight is 436 g/mol. The summed E-state index contributed by atoms with van der Waals surface area (Å²) >= 11 is 0. The number of imidazole rings is 1. The van der Waals surface area contributed by atoms with Gasteiger partial charge in [-0.1, -0.05) is 18.2 Å². The monoisotopic (exact) mass is 436 g/mol. The Morgan fingerprint density at radius 3 is 2.56 bits per heavy atom. The molecule has 4 aromatic rings. The van der Waals surface area contributed by atoms with Gasteiger partial charge >= 0.3 is 0 Å². The molecule has 0 aliphatic heterocycles. The number of aromatic nitrogens is 2. The zero-order chi connectivity index (χ0) is 22.8. The van der Waals surface area contributed by atoms with Crippen LogP contribution in [0.1, 0.15) is 34.5 Å². The quantitative estimate of drug-likeness (QED) is 0.349. The SMILES string of the molecule is C[C@H](NC(=O)c1ccc2ncn(Cc3ccc(F)cc3F)c2c1)c1ccc([N+](=O)[O-])cc1. The molecule has 1 amide bonds. The van der Waals surface area contributed by atoms with Gasteiger partial charge in [0.2, 0.25) is 0 Å². The van der Waals surface area contributed by atoms with Crippen LogP contribution in [0.25, 0.3) is 11.0 Å². The van der Waals surface area contributed by atoms with Gasteiger partial charge in [0.05, 0.1) is 34.9 Å². The number of hydrogen-bond donors (Lipinski definition) is 1. The van der Waals surface area contributed by atoms with Gasteiger partial charge < -0.3 is 9.88 Å². The third kappa shape index (κ3) is 4.31. The fourth-order valence-electron chi connectivity index (χ4n) is 3.41. The molecule has 0 aliphatic rings. The number of nitrogens with zero attached hydrogens (tertiary/aromatic N) is 3. The highest BCUT2D eigenvalue weighted by Gasteiger charge is 2.15. The molecule has 1 atom stereocenters. The molecule has 1 N–H and O–H groups in total. The van der Waals surface area contributed by atoms with E-state index in [1.165, 1.54) is 30.6 Å². The minimum atomic E-state index is -0.655. The van der Waals surface area contributed by atoms with Crippen LogP contribution in [0.15, 0.2) is 67.0 Å². The highest BCUT2D eigenvalue weighted by molar-refractivity contribution is 5.97. The van der Waals surface area contributed by atoms with Crippen molar-refractivity contribution in [3.8, 4) is 0 Å². The number of fused-ring (bicyclic) bond motifs is 1. The number of hydrogen-bond acceptors (Lipinski definition) is 4. The number of nitrogens with one attached hydrogen (secondary N) is 1. The molecule has 4 rings (SSSR count). The molecule has 0 spiro atoms. The number of non-ortho nitro benzene ring substituents is 1. The summed E-state index contributed by atoms with van der Waals surface area (Å²) in [6.07, 6.45) is 1.54. The number of halogens is 2. The van der Waals surface area contributed by atoms with Gasteiger partial charge in [-0.15, -0.1) is 0 Å². The minimum Gasteiger partial charge on any atom is -0.346 e. The fraction of sp³-hybridized carbons (Fsp3) is 0.130. The summed E-state index contributed by atoms with van der Waals surface area (Å²) in [7, 11) is 0. The maximum absolute atomic E-state index is 14.0. The van der Waals surface area contributed by atoms with Crippen molar-refractivity contribution in [2.24, 2.45) is 0 Å². The van der Waals surface area contributed by atoms with E-state index in [2.05, 4.69) is 10.3 Å².